The first-order chi connectivity index (χ1) is 8.97. The van der Waals surface area contributed by atoms with Crippen LogP contribution in [0, 0.1) is 13.7 Å². The molecule has 0 unspecified atom stereocenters. The molecule has 0 fully saturated rings. The molecule has 0 saturated carbocycles. The third-order valence-electron chi connectivity index (χ3n) is 2.66. The van der Waals surface area contributed by atoms with Gasteiger partial charge in [0.2, 0.25) is 0 Å². The van der Waals surface area contributed by atoms with E-state index in [1.54, 1.807) is 18.0 Å². The maximum absolute atomic E-state index is 12.2. The van der Waals surface area contributed by atoms with Crippen LogP contribution < -0.4 is 5.32 Å². The Morgan fingerprint density at radius 2 is 2.21 bits per heavy atom. The molecule has 1 amide bonds. The summed E-state index contributed by atoms with van der Waals surface area (Å²) in [5.41, 5.74) is 0.314. The van der Waals surface area contributed by atoms with Gasteiger partial charge >= 0.3 is 0 Å². The molecule has 1 aromatic rings. The van der Waals surface area contributed by atoms with Gasteiger partial charge in [-0.3, -0.25) is 14.9 Å². The standard InChI is InChI=1S/C12H16IN3O3/c1-14-6-3-7-15(2)12(17)10-8-9(16(18)19)4-5-11(10)13/h4-5,8,14H,3,6-7H2,1-2H3. The van der Waals surface area contributed by atoms with E-state index in [1.807, 2.05) is 29.6 Å². The summed E-state index contributed by atoms with van der Waals surface area (Å²) in [6.07, 6.45) is 0.838. The van der Waals surface area contributed by atoms with E-state index in [1.165, 1.54) is 12.1 Å². The molecule has 0 aromatic heterocycles. The number of halogens is 1. The fourth-order valence-corrected chi connectivity index (χ4v) is 2.16. The van der Waals surface area contributed by atoms with Crippen molar-refractivity contribution in [2.45, 2.75) is 6.42 Å². The summed E-state index contributed by atoms with van der Waals surface area (Å²) in [5.74, 6) is -0.191. The number of rotatable bonds is 6. The van der Waals surface area contributed by atoms with Crippen molar-refractivity contribution in [1.82, 2.24) is 10.2 Å². The van der Waals surface area contributed by atoms with Gasteiger partial charge in [0.1, 0.15) is 0 Å². The Labute approximate surface area is 125 Å². The average Bonchev–Trinajstić information content (AvgIpc) is 2.38. The van der Waals surface area contributed by atoms with Gasteiger partial charge in [-0.05, 0) is 48.7 Å². The molecule has 0 bridgehead atoms. The van der Waals surface area contributed by atoms with Gasteiger partial charge in [-0.15, -0.1) is 0 Å². The number of benzene rings is 1. The van der Waals surface area contributed by atoms with E-state index in [9.17, 15) is 14.9 Å². The molecule has 104 valence electrons. The van der Waals surface area contributed by atoms with Crippen LogP contribution in [0.15, 0.2) is 18.2 Å². The van der Waals surface area contributed by atoms with Crippen LogP contribution in [0.1, 0.15) is 16.8 Å². The minimum Gasteiger partial charge on any atom is -0.342 e. The van der Waals surface area contributed by atoms with Gasteiger partial charge in [0, 0.05) is 29.3 Å². The lowest BCUT2D eigenvalue weighted by atomic mass is 10.2. The smallest absolute Gasteiger partial charge is 0.270 e. The Bertz CT molecular complexity index is 479. The molecule has 0 aliphatic rings. The van der Waals surface area contributed by atoms with E-state index >= 15 is 0 Å². The van der Waals surface area contributed by atoms with Crippen molar-refractivity contribution >= 4 is 34.2 Å². The highest BCUT2D eigenvalue weighted by Crippen LogP contribution is 2.20. The van der Waals surface area contributed by atoms with Gasteiger partial charge in [0.25, 0.3) is 11.6 Å². The van der Waals surface area contributed by atoms with Crippen LogP contribution in [0.4, 0.5) is 5.69 Å². The van der Waals surface area contributed by atoms with Gasteiger partial charge in [-0.25, -0.2) is 0 Å². The van der Waals surface area contributed by atoms with Gasteiger partial charge in [-0.1, -0.05) is 0 Å². The Balaban J connectivity index is 2.86. The SMILES string of the molecule is CNCCCN(C)C(=O)c1cc([N+](=O)[O-])ccc1I. The van der Waals surface area contributed by atoms with Crippen LogP contribution in [-0.2, 0) is 0 Å². The molecule has 0 aliphatic carbocycles. The molecular formula is C12H16IN3O3. The van der Waals surface area contributed by atoms with E-state index in [4.69, 9.17) is 0 Å². The Hall–Kier alpha value is -1.22. The molecule has 0 heterocycles. The predicted molar refractivity (Wildman–Crippen MR) is 81.3 cm³/mol. The zero-order valence-electron chi connectivity index (χ0n) is 10.9. The van der Waals surface area contributed by atoms with Crippen molar-refractivity contribution in [1.29, 1.82) is 0 Å². The first-order valence-electron chi connectivity index (χ1n) is 5.81. The largest absolute Gasteiger partial charge is 0.342 e. The van der Waals surface area contributed by atoms with Crippen LogP contribution in [0.2, 0.25) is 0 Å². The van der Waals surface area contributed by atoms with Crippen LogP contribution in [0.25, 0.3) is 0 Å². The number of carbonyl (C=O) groups excluding carboxylic acids is 1. The molecule has 7 heteroatoms. The van der Waals surface area contributed by atoms with Crippen LogP contribution in [0.5, 0.6) is 0 Å². The maximum Gasteiger partial charge on any atom is 0.270 e. The third-order valence-corrected chi connectivity index (χ3v) is 3.60. The van der Waals surface area contributed by atoms with Gasteiger partial charge < -0.3 is 10.2 Å². The van der Waals surface area contributed by atoms with Crippen molar-refractivity contribution in [3.05, 3.63) is 37.4 Å². The minimum atomic E-state index is -0.492. The average molecular weight is 377 g/mol. The number of hydrogen-bond acceptors (Lipinski definition) is 4. The lowest BCUT2D eigenvalue weighted by Crippen LogP contribution is -2.30. The first kappa shape index (κ1) is 15.8. The van der Waals surface area contributed by atoms with Crippen molar-refractivity contribution in [2.24, 2.45) is 0 Å². The van der Waals surface area contributed by atoms with Crippen molar-refractivity contribution < 1.29 is 9.72 Å². The quantitative estimate of drug-likeness (QED) is 0.356. The molecule has 0 saturated heterocycles. The normalized spacial score (nSPS) is 10.3. The summed E-state index contributed by atoms with van der Waals surface area (Å²) in [5, 5.41) is 13.7. The molecule has 1 rings (SSSR count). The molecule has 0 radical (unpaired) electrons. The number of hydrogen-bond donors (Lipinski definition) is 1. The molecule has 6 nitrogen and oxygen atoms in total. The van der Waals surface area contributed by atoms with Gasteiger partial charge in [0.05, 0.1) is 10.5 Å². The fraction of sp³-hybridized carbons (Fsp3) is 0.417. The second-order valence-electron chi connectivity index (χ2n) is 4.11. The minimum absolute atomic E-state index is 0.0626. The number of carbonyl (C=O) groups is 1. The second-order valence-corrected chi connectivity index (χ2v) is 5.27. The molecule has 0 aliphatic heterocycles. The summed E-state index contributed by atoms with van der Waals surface area (Å²) >= 11 is 2.01. The van der Waals surface area contributed by atoms with E-state index in [-0.39, 0.29) is 11.6 Å². The first-order valence-corrected chi connectivity index (χ1v) is 6.89. The van der Waals surface area contributed by atoms with Crippen molar-refractivity contribution in [3.8, 4) is 0 Å². The van der Waals surface area contributed by atoms with Crippen LogP contribution in [0.3, 0.4) is 0 Å². The summed E-state index contributed by atoms with van der Waals surface area (Å²) in [6.45, 7) is 1.43. The van der Waals surface area contributed by atoms with Gasteiger partial charge in [-0.2, -0.15) is 0 Å². The summed E-state index contributed by atoms with van der Waals surface area (Å²) in [6, 6.07) is 4.32. The van der Waals surface area contributed by atoms with Crippen LogP contribution >= 0.6 is 22.6 Å². The molecule has 19 heavy (non-hydrogen) atoms. The highest BCUT2D eigenvalue weighted by atomic mass is 127. The monoisotopic (exact) mass is 377 g/mol. The van der Waals surface area contributed by atoms with E-state index in [0.29, 0.717) is 15.7 Å². The lowest BCUT2D eigenvalue weighted by molar-refractivity contribution is -0.384. The third kappa shape index (κ3) is 4.43. The fourth-order valence-electron chi connectivity index (χ4n) is 1.59. The van der Waals surface area contributed by atoms with E-state index < -0.39 is 4.92 Å². The molecule has 1 N–H and O–H groups in total. The highest BCUT2D eigenvalue weighted by molar-refractivity contribution is 14.1. The Morgan fingerprint density at radius 1 is 1.53 bits per heavy atom. The molecule has 0 spiro atoms. The number of amides is 1. The van der Waals surface area contributed by atoms with Gasteiger partial charge in [0.15, 0.2) is 0 Å². The van der Waals surface area contributed by atoms with E-state index in [0.717, 1.165) is 13.0 Å². The zero-order valence-corrected chi connectivity index (χ0v) is 13.0. The van der Waals surface area contributed by atoms with Crippen molar-refractivity contribution in [2.75, 3.05) is 27.2 Å². The number of non-ortho nitro benzene ring substituents is 1. The molecular weight excluding hydrogens is 361 g/mol. The van der Waals surface area contributed by atoms with Crippen molar-refractivity contribution in [3.63, 3.8) is 0 Å². The molecule has 0 atom stereocenters. The molecule has 1 aromatic carbocycles. The second kappa shape index (κ2) is 7.39. The summed E-state index contributed by atoms with van der Waals surface area (Å²) in [7, 11) is 3.55. The lowest BCUT2D eigenvalue weighted by Gasteiger charge is -2.17. The zero-order chi connectivity index (χ0) is 14.4. The maximum atomic E-state index is 12.2. The summed E-state index contributed by atoms with van der Waals surface area (Å²) in [4.78, 5) is 24.0. The topological polar surface area (TPSA) is 75.5 Å². The number of nitro benzene ring substituents is 1. The Kier molecular flexibility index (Phi) is 6.16. The Morgan fingerprint density at radius 3 is 2.79 bits per heavy atom. The predicted octanol–water partition coefficient (Wildman–Crippen LogP) is 1.88. The van der Waals surface area contributed by atoms with Crippen LogP contribution in [-0.4, -0.2) is 42.9 Å². The summed E-state index contributed by atoms with van der Waals surface area (Å²) < 4.78 is 0.716. The number of nitro groups is 1. The van der Waals surface area contributed by atoms with E-state index in [2.05, 4.69) is 5.32 Å². The number of nitrogens with one attached hydrogen (secondary N) is 1. The number of nitrogens with zero attached hydrogens (tertiary/aromatic N) is 2. The highest BCUT2D eigenvalue weighted by Gasteiger charge is 2.18.